The summed E-state index contributed by atoms with van der Waals surface area (Å²) in [7, 11) is 0. The highest BCUT2D eigenvalue weighted by Crippen LogP contribution is 2.36. The van der Waals surface area contributed by atoms with Crippen molar-refractivity contribution < 1.29 is 0 Å². The smallest absolute Gasteiger partial charge is 0.258 e. The van der Waals surface area contributed by atoms with Crippen LogP contribution in [0.5, 0.6) is 0 Å². The van der Waals surface area contributed by atoms with Crippen molar-refractivity contribution in [1.82, 2.24) is 9.97 Å². The number of halogens is 3. The Labute approximate surface area is 106 Å². The minimum absolute atomic E-state index is 0.226. The molecule has 3 nitrogen and oxygen atoms in total. The third kappa shape index (κ3) is 1.94. The summed E-state index contributed by atoms with van der Waals surface area (Å²) in [5, 5.41) is 0.812. The first-order valence-electron chi connectivity index (χ1n) is 4.28. The Morgan fingerprint density at radius 1 is 1.06 bits per heavy atom. The van der Waals surface area contributed by atoms with Gasteiger partial charge in [-0.1, -0.05) is 40.9 Å². The second-order valence-electron chi connectivity index (χ2n) is 3.02. The number of rotatable bonds is 1. The molecular formula is C10H5Cl3N2O. The molecule has 16 heavy (non-hydrogen) atoms. The molecule has 0 radical (unpaired) electrons. The summed E-state index contributed by atoms with van der Waals surface area (Å²) >= 11 is 17.7. The zero-order chi connectivity index (χ0) is 11.7. The summed E-state index contributed by atoms with van der Waals surface area (Å²) in [4.78, 5) is 17.8. The molecule has 0 amide bonds. The Balaban J connectivity index is 2.71. The Kier molecular flexibility index (Phi) is 3.19. The van der Waals surface area contributed by atoms with Gasteiger partial charge in [0.05, 0.1) is 27.0 Å². The second kappa shape index (κ2) is 4.45. The van der Waals surface area contributed by atoms with Gasteiger partial charge in [-0.2, -0.15) is 0 Å². The average Bonchev–Trinajstić information content (AvgIpc) is 2.28. The topological polar surface area (TPSA) is 45.8 Å². The van der Waals surface area contributed by atoms with E-state index in [0.29, 0.717) is 16.1 Å². The number of nitrogens with zero attached hydrogens (tertiary/aromatic N) is 1. The van der Waals surface area contributed by atoms with Crippen LogP contribution in [0.4, 0.5) is 0 Å². The zero-order valence-electron chi connectivity index (χ0n) is 7.80. The maximum Gasteiger partial charge on any atom is 0.258 e. The van der Waals surface area contributed by atoms with E-state index >= 15 is 0 Å². The van der Waals surface area contributed by atoms with Crippen LogP contribution in [0, 0.1) is 0 Å². The van der Waals surface area contributed by atoms with Crippen LogP contribution in [-0.4, -0.2) is 9.97 Å². The van der Waals surface area contributed by atoms with Gasteiger partial charge >= 0.3 is 0 Å². The van der Waals surface area contributed by atoms with Crippen molar-refractivity contribution in [3.8, 4) is 11.1 Å². The van der Waals surface area contributed by atoms with E-state index in [2.05, 4.69) is 9.97 Å². The molecule has 1 aromatic heterocycles. The number of hydrogen-bond donors (Lipinski definition) is 1. The van der Waals surface area contributed by atoms with E-state index in [1.807, 2.05) is 0 Å². The first-order valence-corrected chi connectivity index (χ1v) is 5.41. The molecule has 0 atom stereocenters. The first-order chi connectivity index (χ1) is 7.61. The summed E-state index contributed by atoms with van der Waals surface area (Å²) in [5.74, 6) is 0. The highest BCUT2D eigenvalue weighted by molar-refractivity contribution is 6.49. The molecule has 0 saturated heterocycles. The molecule has 2 rings (SSSR count). The molecule has 0 aliphatic rings. The Bertz CT molecular complexity index is 595. The van der Waals surface area contributed by atoms with E-state index in [1.54, 1.807) is 12.1 Å². The fraction of sp³-hybridized carbons (Fsp3) is 0. The lowest BCUT2D eigenvalue weighted by molar-refractivity contribution is 1.12. The maximum absolute atomic E-state index is 11.5. The van der Waals surface area contributed by atoms with Gasteiger partial charge in [-0.3, -0.25) is 4.79 Å². The predicted molar refractivity (Wildman–Crippen MR) is 65.3 cm³/mol. The van der Waals surface area contributed by atoms with Crippen LogP contribution in [0.2, 0.25) is 15.1 Å². The van der Waals surface area contributed by atoms with Gasteiger partial charge in [0.1, 0.15) is 0 Å². The van der Waals surface area contributed by atoms with Crippen LogP contribution in [0.15, 0.2) is 29.5 Å². The monoisotopic (exact) mass is 274 g/mol. The molecule has 0 saturated carbocycles. The first kappa shape index (κ1) is 11.5. The molecule has 2 aromatic rings. The minimum Gasteiger partial charge on any atom is -0.313 e. The van der Waals surface area contributed by atoms with Gasteiger partial charge in [0, 0.05) is 11.8 Å². The lowest BCUT2D eigenvalue weighted by Gasteiger charge is -2.05. The standard InChI is InChI=1S/C10H5Cl3N2O/c11-7-2-1-5(8(12)9(7)13)6-3-14-4-15-10(6)16/h1-4H,(H,14,15,16). The predicted octanol–water partition coefficient (Wildman–Crippen LogP) is 3.40. The van der Waals surface area contributed by atoms with E-state index in [1.165, 1.54) is 12.5 Å². The number of aromatic amines is 1. The number of hydrogen-bond acceptors (Lipinski definition) is 2. The molecule has 0 fully saturated rings. The zero-order valence-corrected chi connectivity index (χ0v) is 10.1. The lowest BCUT2D eigenvalue weighted by atomic mass is 10.1. The van der Waals surface area contributed by atoms with Crippen LogP contribution in [0.25, 0.3) is 11.1 Å². The SMILES string of the molecule is O=c1[nH]cncc1-c1ccc(Cl)c(Cl)c1Cl. The molecule has 0 unspecified atom stereocenters. The number of aromatic nitrogens is 2. The van der Waals surface area contributed by atoms with Crippen LogP contribution in [0.3, 0.4) is 0 Å². The molecule has 1 N–H and O–H groups in total. The van der Waals surface area contributed by atoms with E-state index < -0.39 is 0 Å². The van der Waals surface area contributed by atoms with Gasteiger partial charge in [-0.15, -0.1) is 0 Å². The van der Waals surface area contributed by atoms with E-state index in [0.717, 1.165) is 0 Å². The highest BCUT2D eigenvalue weighted by atomic mass is 35.5. The van der Waals surface area contributed by atoms with Gasteiger partial charge in [0.2, 0.25) is 0 Å². The van der Waals surface area contributed by atoms with Crippen molar-refractivity contribution in [2.45, 2.75) is 0 Å². The van der Waals surface area contributed by atoms with Gasteiger partial charge in [0.25, 0.3) is 5.56 Å². The summed E-state index contributed by atoms with van der Waals surface area (Å²) in [6.07, 6.45) is 2.72. The van der Waals surface area contributed by atoms with Crippen LogP contribution in [-0.2, 0) is 0 Å². The van der Waals surface area contributed by atoms with Crippen LogP contribution < -0.4 is 5.56 Å². The van der Waals surface area contributed by atoms with Gasteiger partial charge in [-0.05, 0) is 6.07 Å². The lowest BCUT2D eigenvalue weighted by Crippen LogP contribution is -2.08. The van der Waals surface area contributed by atoms with Crippen molar-refractivity contribution >= 4 is 34.8 Å². The Morgan fingerprint density at radius 2 is 1.81 bits per heavy atom. The van der Waals surface area contributed by atoms with Crippen LogP contribution in [0.1, 0.15) is 0 Å². The van der Waals surface area contributed by atoms with Crippen molar-refractivity contribution in [2.24, 2.45) is 0 Å². The van der Waals surface area contributed by atoms with E-state index in [9.17, 15) is 4.79 Å². The molecule has 0 aliphatic carbocycles. The fourth-order valence-electron chi connectivity index (χ4n) is 1.27. The quantitative estimate of drug-likeness (QED) is 0.811. The average molecular weight is 276 g/mol. The highest BCUT2D eigenvalue weighted by Gasteiger charge is 2.12. The molecule has 1 heterocycles. The summed E-state index contributed by atoms with van der Waals surface area (Å²) < 4.78 is 0. The summed E-state index contributed by atoms with van der Waals surface area (Å²) in [6, 6.07) is 3.21. The fourth-order valence-corrected chi connectivity index (χ4v) is 1.91. The second-order valence-corrected chi connectivity index (χ2v) is 4.18. The van der Waals surface area contributed by atoms with Crippen molar-refractivity contribution in [3.05, 3.63) is 50.1 Å². The number of H-pyrrole nitrogens is 1. The van der Waals surface area contributed by atoms with Gasteiger partial charge in [0.15, 0.2) is 0 Å². The van der Waals surface area contributed by atoms with Gasteiger partial charge < -0.3 is 4.98 Å². The van der Waals surface area contributed by atoms with Crippen molar-refractivity contribution in [2.75, 3.05) is 0 Å². The molecule has 0 bridgehead atoms. The van der Waals surface area contributed by atoms with Gasteiger partial charge in [-0.25, -0.2) is 4.98 Å². The molecule has 6 heteroatoms. The molecular weight excluding hydrogens is 270 g/mol. The maximum atomic E-state index is 11.5. The number of nitrogens with one attached hydrogen (secondary N) is 1. The number of benzene rings is 1. The molecule has 1 aromatic carbocycles. The van der Waals surface area contributed by atoms with Crippen molar-refractivity contribution in [3.63, 3.8) is 0 Å². The third-order valence-corrected chi connectivity index (χ3v) is 3.34. The summed E-state index contributed by atoms with van der Waals surface area (Å²) in [6.45, 7) is 0. The normalized spacial score (nSPS) is 10.4. The Morgan fingerprint density at radius 3 is 2.50 bits per heavy atom. The molecule has 82 valence electrons. The van der Waals surface area contributed by atoms with E-state index in [4.69, 9.17) is 34.8 Å². The van der Waals surface area contributed by atoms with Crippen molar-refractivity contribution in [1.29, 1.82) is 0 Å². The third-order valence-electron chi connectivity index (χ3n) is 2.04. The van der Waals surface area contributed by atoms with Crippen LogP contribution >= 0.6 is 34.8 Å². The Hall–Kier alpha value is -1.03. The molecule has 0 spiro atoms. The minimum atomic E-state index is -0.282. The van der Waals surface area contributed by atoms with E-state index in [-0.39, 0.29) is 15.6 Å². The largest absolute Gasteiger partial charge is 0.313 e. The molecule has 0 aliphatic heterocycles. The summed E-state index contributed by atoms with van der Waals surface area (Å²) in [5.41, 5.74) is 0.576.